The van der Waals surface area contributed by atoms with Gasteiger partial charge in [-0.2, -0.15) is 11.8 Å². The van der Waals surface area contributed by atoms with E-state index < -0.39 is 6.41 Å². The van der Waals surface area contributed by atoms with Crippen LogP contribution in [0.5, 0.6) is 0 Å². The van der Waals surface area contributed by atoms with Crippen LogP contribution in [0.3, 0.4) is 0 Å². The number of ketones is 1. The second-order valence-electron chi connectivity index (χ2n) is 5.75. The molecule has 136 valence electrons. The summed E-state index contributed by atoms with van der Waals surface area (Å²) in [4.78, 5) is 10.7. The molecule has 0 aromatic carbocycles. The molecule has 1 aliphatic carbocycles. The van der Waals surface area contributed by atoms with Crippen molar-refractivity contribution in [2.75, 3.05) is 39.2 Å². The van der Waals surface area contributed by atoms with E-state index in [0.29, 0.717) is 39.4 Å². The van der Waals surface area contributed by atoms with Gasteiger partial charge in [0.2, 0.25) is 6.41 Å². The summed E-state index contributed by atoms with van der Waals surface area (Å²) < 4.78 is 16.2. The quantitative estimate of drug-likeness (QED) is 0.386. The van der Waals surface area contributed by atoms with E-state index in [0.717, 1.165) is 30.9 Å². The second kappa shape index (κ2) is 13.1. The lowest BCUT2D eigenvalue weighted by Crippen LogP contribution is -2.38. The monoisotopic (exact) mass is 349 g/mol. The molecule has 1 saturated carbocycles. The maximum atomic E-state index is 10.7. The Kier molecular flexibility index (Phi) is 11.9. The first-order valence-corrected chi connectivity index (χ1v) is 9.65. The van der Waals surface area contributed by atoms with Gasteiger partial charge in [0.1, 0.15) is 5.78 Å². The van der Waals surface area contributed by atoms with Gasteiger partial charge in [-0.05, 0) is 38.9 Å². The Labute approximate surface area is 143 Å². The van der Waals surface area contributed by atoms with Crippen molar-refractivity contribution in [1.82, 2.24) is 5.32 Å². The number of ether oxygens (including phenoxy) is 3. The highest BCUT2D eigenvalue weighted by atomic mass is 32.2. The molecule has 1 aliphatic rings. The van der Waals surface area contributed by atoms with Crippen LogP contribution in [0.25, 0.3) is 0 Å². The van der Waals surface area contributed by atoms with Crippen molar-refractivity contribution < 1.29 is 24.1 Å². The number of thioether (sulfide) groups is 1. The van der Waals surface area contributed by atoms with Crippen LogP contribution in [0.15, 0.2) is 0 Å². The number of carbonyl (C=O) groups excluding carboxylic acids is 1. The lowest BCUT2D eigenvalue weighted by atomic mass is 9.97. The minimum atomic E-state index is -0.929. The average molecular weight is 349 g/mol. The van der Waals surface area contributed by atoms with Gasteiger partial charge in [-0.3, -0.25) is 10.1 Å². The molecule has 0 spiro atoms. The third-order valence-electron chi connectivity index (χ3n) is 3.81. The fourth-order valence-corrected chi connectivity index (χ4v) is 3.17. The number of aliphatic hydroxyl groups is 1. The molecular weight excluding hydrogens is 318 g/mol. The predicted molar refractivity (Wildman–Crippen MR) is 91.6 cm³/mol. The van der Waals surface area contributed by atoms with Crippen molar-refractivity contribution in [2.45, 2.75) is 56.8 Å². The molecule has 0 heterocycles. The zero-order chi connectivity index (χ0) is 16.9. The van der Waals surface area contributed by atoms with E-state index in [1.807, 2.05) is 11.8 Å². The summed E-state index contributed by atoms with van der Waals surface area (Å²) in [5.41, 5.74) is 0. The van der Waals surface area contributed by atoms with E-state index >= 15 is 0 Å². The van der Waals surface area contributed by atoms with E-state index in [4.69, 9.17) is 14.2 Å². The number of hydrogen-bond donors (Lipinski definition) is 2. The standard InChI is InChI=1S/C16H31NO5S/c1-13(18)7-9-20-11-12-21-10-8-17-16(19)22-14-3-5-15(23-2)6-4-14/h14-17,19H,3-12H2,1-2H3. The lowest BCUT2D eigenvalue weighted by Gasteiger charge is -2.29. The molecule has 0 radical (unpaired) electrons. The van der Waals surface area contributed by atoms with Crippen LogP contribution >= 0.6 is 11.8 Å². The first-order chi connectivity index (χ1) is 11.1. The van der Waals surface area contributed by atoms with Crippen LogP contribution in [0, 0.1) is 0 Å². The minimum absolute atomic E-state index is 0.131. The summed E-state index contributed by atoms with van der Waals surface area (Å²) in [5.74, 6) is 0.131. The van der Waals surface area contributed by atoms with E-state index in [1.165, 1.54) is 0 Å². The Morgan fingerprint density at radius 3 is 2.43 bits per heavy atom. The Morgan fingerprint density at radius 2 is 1.83 bits per heavy atom. The number of hydrogen-bond acceptors (Lipinski definition) is 7. The third-order valence-corrected chi connectivity index (χ3v) is 4.95. The summed E-state index contributed by atoms with van der Waals surface area (Å²) in [5, 5.41) is 13.4. The highest BCUT2D eigenvalue weighted by Gasteiger charge is 2.22. The summed E-state index contributed by atoms with van der Waals surface area (Å²) in [6.45, 7) is 3.96. The Hall–Kier alpha value is -0.180. The Morgan fingerprint density at radius 1 is 1.17 bits per heavy atom. The molecule has 1 unspecified atom stereocenters. The van der Waals surface area contributed by atoms with Gasteiger partial charge in [-0.15, -0.1) is 0 Å². The zero-order valence-corrected chi connectivity index (χ0v) is 15.1. The van der Waals surface area contributed by atoms with Crippen molar-refractivity contribution in [3.05, 3.63) is 0 Å². The Bertz CT molecular complexity index is 311. The fraction of sp³-hybridized carbons (Fsp3) is 0.938. The van der Waals surface area contributed by atoms with Crippen LogP contribution in [0.2, 0.25) is 0 Å². The summed E-state index contributed by atoms with van der Waals surface area (Å²) in [6.07, 6.45) is 6.16. The number of carbonyl (C=O) groups is 1. The van der Waals surface area contributed by atoms with Gasteiger partial charge in [0.05, 0.1) is 32.5 Å². The zero-order valence-electron chi connectivity index (χ0n) is 14.3. The maximum Gasteiger partial charge on any atom is 0.213 e. The topological polar surface area (TPSA) is 77.0 Å². The summed E-state index contributed by atoms with van der Waals surface area (Å²) in [6, 6.07) is 0. The fourth-order valence-electron chi connectivity index (χ4n) is 2.43. The molecule has 1 atom stereocenters. The summed E-state index contributed by atoms with van der Waals surface area (Å²) in [7, 11) is 0. The first kappa shape index (κ1) is 20.9. The summed E-state index contributed by atoms with van der Waals surface area (Å²) >= 11 is 1.92. The van der Waals surface area contributed by atoms with Crippen LogP contribution in [-0.2, 0) is 19.0 Å². The van der Waals surface area contributed by atoms with E-state index in [2.05, 4.69) is 11.6 Å². The lowest BCUT2D eigenvalue weighted by molar-refractivity contribution is -0.161. The number of nitrogens with one attached hydrogen (secondary N) is 1. The number of Topliss-reactive ketones (excluding diaryl/α,β-unsaturated/α-hetero) is 1. The molecular formula is C16H31NO5S. The highest BCUT2D eigenvalue weighted by Crippen LogP contribution is 2.28. The second-order valence-corrected chi connectivity index (χ2v) is 6.89. The van der Waals surface area contributed by atoms with Crippen molar-refractivity contribution >= 4 is 17.5 Å². The molecule has 1 fully saturated rings. The van der Waals surface area contributed by atoms with Gasteiger partial charge in [0, 0.05) is 18.2 Å². The molecule has 0 aliphatic heterocycles. The highest BCUT2D eigenvalue weighted by molar-refractivity contribution is 7.99. The van der Waals surface area contributed by atoms with E-state index in [-0.39, 0.29) is 11.9 Å². The van der Waals surface area contributed by atoms with Crippen molar-refractivity contribution in [2.24, 2.45) is 0 Å². The van der Waals surface area contributed by atoms with Crippen molar-refractivity contribution in [1.29, 1.82) is 0 Å². The third kappa shape index (κ3) is 11.1. The molecule has 0 aromatic heterocycles. The molecule has 0 amide bonds. The maximum absolute atomic E-state index is 10.7. The molecule has 6 nitrogen and oxygen atoms in total. The largest absolute Gasteiger partial charge is 0.379 e. The molecule has 0 saturated heterocycles. The number of aliphatic hydroxyl groups excluding tert-OH is 1. The molecule has 0 aromatic rings. The van der Waals surface area contributed by atoms with Crippen molar-refractivity contribution in [3.63, 3.8) is 0 Å². The van der Waals surface area contributed by atoms with Crippen LogP contribution < -0.4 is 5.32 Å². The first-order valence-electron chi connectivity index (χ1n) is 8.36. The van der Waals surface area contributed by atoms with Crippen molar-refractivity contribution in [3.8, 4) is 0 Å². The Balaban J connectivity index is 1.88. The van der Waals surface area contributed by atoms with Gasteiger partial charge >= 0.3 is 0 Å². The average Bonchev–Trinajstić information content (AvgIpc) is 2.53. The van der Waals surface area contributed by atoms with Crippen LogP contribution in [0.4, 0.5) is 0 Å². The predicted octanol–water partition coefficient (Wildman–Crippen LogP) is 1.55. The molecule has 2 N–H and O–H groups in total. The molecule has 7 heteroatoms. The van der Waals surface area contributed by atoms with Gasteiger partial charge in [0.15, 0.2) is 0 Å². The van der Waals surface area contributed by atoms with E-state index in [1.54, 1.807) is 6.92 Å². The molecule has 0 bridgehead atoms. The van der Waals surface area contributed by atoms with Gasteiger partial charge in [-0.1, -0.05) is 0 Å². The van der Waals surface area contributed by atoms with E-state index in [9.17, 15) is 9.90 Å². The smallest absolute Gasteiger partial charge is 0.213 e. The normalized spacial score (nSPS) is 22.9. The van der Waals surface area contributed by atoms with Crippen LogP contribution in [-0.4, -0.2) is 67.9 Å². The van der Waals surface area contributed by atoms with Gasteiger partial charge < -0.3 is 19.3 Å². The SMILES string of the molecule is CSC1CCC(OC(O)NCCOCCOCCC(C)=O)CC1. The minimum Gasteiger partial charge on any atom is -0.379 e. The molecule has 1 rings (SSSR count). The van der Waals surface area contributed by atoms with Gasteiger partial charge in [-0.25, -0.2) is 0 Å². The van der Waals surface area contributed by atoms with Crippen LogP contribution in [0.1, 0.15) is 39.0 Å². The number of rotatable bonds is 13. The molecule has 23 heavy (non-hydrogen) atoms. The van der Waals surface area contributed by atoms with Gasteiger partial charge in [0.25, 0.3) is 0 Å².